The van der Waals surface area contributed by atoms with Crippen LogP contribution < -0.4 is 4.90 Å². The van der Waals surface area contributed by atoms with Crippen molar-refractivity contribution >= 4 is 11.4 Å². The maximum absolute atomic E-state index is 10.7. The van der Waals surface area contributed by atoms with Gasteiger partial charge in [-0.25, -0.2) is 0 Å². The van der Waals surface area contributed by atoms with Crippen LogP contribution >= 0.6 is 0 Å². The summed E-state index contributed by atoms with van der Waals surface area (Å²) in [6.07, 6.45) is -0.670. The van der Waals surface area contributed by atoms with Crippen molar-refractivity contribution in [3.05, 3.63) is 33.9 Å². The minimum atomic E-state index is -0.670. The summed E-state index contributed by atoms with van der Waals surface area (Å²) in [5, 5.41) is 29.6. The van der Waals surface area contributed by atoms with Gasteiger partial charge in [-0.3, -0.25) is 10.1 Å². The van der Waals surface area contributed by atoms with Gasteiger partial charge in [0.1, 0.15) is 0 Å². The molecule has 1 unspecified atom stereocenters. The van der Waals surface area contributed by atoms with Crippen molar-refractivity contribution in [2.45, 2.75) is 12.7 Å². The topological polar surface area (TPSA) is 96.1 Å². The summed E-state index contributed by atoms with van der Waals surface area (Å²) >= 11 is 0. The fraction of sp³-hybridized carbons (Fsp3) is 0.500. The number of benzene rings is 1. The number of ether oxygens (including phenoxy) is 1. The average molecular weight is 270 g/mol. The number of rotatable bonds is 7. The second kappa shape index (κ2) is 7.03. The first-order valence-electron chi connectivity index (χ1n) is 5.76. The predicted molar refractivity (Wildman–Crippen MR) is 70.2 cm³/mol. The number of non-ortho nitro benzene ring substituents is 1. The van der Waals surface area contributed by atoms with E-state index < -0.39 is 11.0 Å². The number of aliphatic hydroxyl groups excluding tert-OH is 2. The zero-order valence-electron chi connectivity index (χ0n) is 10.9. The molecule has 0 heterocycles. The second-order valence-electron chi connectivity index (χ2n) is 4.22. The normalized spacial score (nSPS) is 12.2. The molecule has 7 nitrogen and oxygen atoms in total. The molecule has 1 atom stereocenters. The van der Waals surface area contributed by atoms with Crippen LogP contribution in [0.5, 0.6) is 0 Å². The summed E-state index contributed by atoms with van der Waals surface area (Å²) in [4.78, 5) is 11.9. The Hall–Kier alpha value is -1.70. The third kappa shape index (κ3) is 4.16. The third-order valence-corrected chi connectivity index (χ3v) is 2.70. The highest BCUT2D eigenvalue weighted by Gasteiger charge is 2.15. The van der Waals surface area contributed by atoms with E-state index in [0.717, 1.165) is 0 Å². The van der Waals surface area contributed by atoms with Crippen molar-refractivity contribution in [2.24, 2.45) is 0 Å². The van der Waals surface area contributed by atoms with Crippen LogP contribution in [-0.2, 0) is 11.3 Å². The number of hydrogen-bond acceptors (Lipinski definition) is 6. The van der Waals surface area contributed by atoms with Crippen LogP contribution in [0, 0.1) is 10.1 Å². The molecule has 0 amide bonds. The van der Waals surface area contributed by atoms with E-state index in [9.17, 15) is 20.3 Å². The Balaban J connectivity index is 2.90. The van der Waals surface area contributed by atoms with E-state index in [0.29, 0.717) is 17.8 Å². The van der Waals surface area contributed by atoms with Gasteiger partial charge in [-0.05, 0) is 6.07 Å². The molecule has 0 radical (unpaired) electrons. The Labute approximate surface area is 111 Å². The van der Waals surface area contributed by atoms with Crippen molar-refractivity contribution < 1.29 is 19.9 Å². The smallest absolute Gasteiger partial charge is 0.269 e. The van der Waals surface area contributed by atoms with Gasteiger partial charge in [-0.15, -0.1) is 0 Å². The van der Waals surface area contributed by atoms with E-state index in [4.69, 9.17) is 4.74 Å². The van der Waals surface area contributed by atoms with Crippen molar-refractivity contribution in [1.82, 2.24) is 0 Å². The van der Waals surface area contributed by atoms with Crippen LogP contribution in [0.25, 0.3) is 0 Å². The predicted octanol–water partition coefficient (Wildman–Crippen LogP) is 0.531. The standard InChI is InChI=1S/C12H18N2O5/c1-13(6-11(16)8-19-2)12-4-3-10(14(17)18)5-9(12)7-15/h3-5,11,15-16H,6-8H2,1-2H3. The molecule has 1 rings (SSSR count). The van der Waals surface area contributed by atoms with Crippen LogP contribution in [0.3, 0.4) is 0 Å². The van der Waals surface area contributed by atoms with E-state index in [2.05, 4.69) is 0 Å². The molecule has 1 aromatic rings. The lowest BCUT2D eigenvalue weighted by atomic mass is 10.1. The van der Waals surface area contributed by atoms with Gasteiger partial charge in [0.25, 0.3) is 5.69 Å². The molecule has 0 fully saturated rings. The molecular formula is C12H18N2O5. The van der Waals surface area contributed by atoms with Crippen LogP contribution in [0.4, 0.5) is 11.4 Å². The van der Waals surface area contributed by atoms with Crippen LogP contribution in [0.15, 0.2) is 18.2 Å². The number of aliphatic hydroxyl groups is 2. The molecular weight excluding hydrogens is 252 g/mol. The maximum atomic E-state index is 10.7. The number of hydrogen-bond donors (Lipinski definition) is 2. The molecule has 0 aliphatic carbocycles. The Morgan fingerprint density at radius 3 is 2.74 bits per heavy atom. The first-order chi connectivity index (χ1) is 8.99. The first-order valence-corrected chi connectivity index (χ1v) is 5.76. The SMILES string of the molecule is COCC(O)CN(C)c1ccc([N+](=O)[O-])cc1CO. The molecule has 0 aliphatic rings. The highest BCUT2D eigenvalue weighted by Crippen LogP contribution is 2.25. The van der Waals surface area contributed by atoms with Crippen molar-refractivity contribution in [3.63, 3.8) is 0 Å². The fourth-order valence-corrected chi connectivity index (χ4v) is 1.84. The molecule has 0 aromatic heterocycles. The van der Waals surface area contributed by atoms with Crippen molar-refractivity contribution in [3.8, 4) is 0 Å². The zero-order valence-corrected chi connectivity index (χ0v) is 10.9. The van der Waals surface area contributed by atoms with E-state index in [1.165, 1.54) is 19.2 Å². The highest BCUT2D eigenvalue weighted by molar-refractivity contribution is 5.57. The summed E-state index contributed by atoms with van der Waals surface area (Å²) < 4.78 is 4.83. The fourth-order valence-electron chi connectivity index (χ4n) is 1.84. The van der Waals surface area contributed by atoms with Crippen LogP contribution in [0.1, 0.15) is 5.56 Å². The highest BCUT2D eigenvalue weighted by atomic mass is 16.6. The van der Waals surface area contributed by atoms with Crippen LogP contribution in [-0.4, -0.2) is 48.5 Å². The number of nitro groups is 1. The molecule has 1 aromatic carbocycles. The molecule has 0 saturated carbocycles. The van der Waals surface area contributed by atoms with Gasteiger partial charge in [-0.2, -0.15) is 0 Å². The summed E-state index contributed by atoms with van der Waals surface area (Å²) in [5.74, 6) is 0. The Morgan fingerprint density at radius 1 is 1.53 bits per heavy atom. The summed E-state index contributed by atoms with van der Waals surface area (Å²) in [5.41, 5.74) is 1.02. The van der Waals surface area contributed by atoms with Gasteiger partial charge < -0.3 is 19.8 Å². The van der Waals surface area contributed by atoms with Gasteiger partial charge in [0, 0.05) is 44.1 Å². The van der Waals surface area contributed by atoms with Gasteiger partial charge >= 0.3 is 0 Å². The van der Waals surface area contributed by atoms with Crippen LogP contribution in [0.2, 0.25) is 0 Å². The lowest BCUT2D eigenvalue weighted by molar-refractivity contribution is -0.384. The summed E-state index contributed by atoms with van der Waals surface area (Å²) in [7, 11) is 3.23. The van der Waals surface area contributed by atoms with Gasteiger partial charge in [0.2, 0.25) is 0 Å². The first kappa shape index (κ1) is 15.4. The number of likely N-dealkylation sites (N-methyl/N-ethyl adjacent to an activating group) is 1. The number of nitrogens with zero attached hydrogens (tertiary/aromatic N) is 2. The summed E-state index contributed by atoms with van der Waals surface area (Å²) in [6.45, 7) is 0.201. The molecule has 7 heteroatoms. The molecule has 2 N–H and O–H groups in total. The van der Waals surface area contributed by atoms with Gasteiger partial charge in [0.15, 0.2) is 0 Å². The zero-order chi connectivity index (χ0) is 14.4. The molecule has 106 valence electrons. The molecule has 19 heavy (non-hydrogen) atoms. The number of nitro benzene ring substituents is 1. The summed E-state index contributed by atoms with van der Waals surface area (Å²) in [6, 6.07) is 4.26. The molecule has 0 saturated heterocycles. The molecule has 0 aliphatic heterocycles. The average Bonchev–Trinajstić information content (AvgIpc) is 2.37. The maximum Gasteiger partial charge on any atom is 0.269 e. The van der Waals surface area contributed by atoms with E-state index >= 15 is 0 Å². The monoisotopic (exact) mass is 270 g/mol. The van der Waals surface area contributed by atoms with Crippen molar-refractivity contribution in [2.75, 3.05) is 32.2 Å². The lowest BCUT2D eigenvalue weighted by Crippen LogP contribution is -2.32. The largest absolute Gasteiger partial charge is 0.392 e. The number of methoxy groups -OCH3 is 1. The molecule has 0 bridgehead atoms. The molecule has 0 spiro atoms. The van der Waals surface area contributed by atoms with E-state index in [-0.39, 0.29) is 18.9 Å². The second-order valence-corrected chi connectivity index (χ2v) is 4.22. The minimum Gasteiger partial charge on any atom is -0.392 e. The Morgan fingerprint density at radius 2 is 2.21 bits per heavy atom. The number of anilines is 1. The van der Waals surface area contributed by atoms with E-state index in [1.807, 2.05) is 0 Å². The Bertz CT molecular complexity index is 438. The van der Waals surface area contributed by atoms with E-state index in [1.54, 1.807) is 18.0 Å². The quantitative estimate of drug-likeness (QED) is 0.554. The van der Waals surface area contributed by atoms with Gasteiger partial charge in [-0.1, -0.05) is 0 Å². The minimum absolute atomic E-state index is 0.0707. The van der Waals surface area contributed by atoms with Crippen molar-refractivity contribution in [1.29, 1.82) is 0 Å². The Kier molecular flexibility index (Phi) is 5.68. The third-order valence-electron chi connectivity index (χ3n) is 2.70. The lowest BCUT2D eigenvalue weighted by Gasteiger charge is -2.24. The van der Waals surface area contributed by atoms with Gasteiger partial charge in [0.05, 0.1) is 24.2 Å².